The summed E-state index contributed by atoms with van der Waals surface area (Å²) in [5.74, 6) is -0.412. The number of hydrogen-bond donors (Lipinski definition) is 2. The summed E-state index contributed by atoms with van der Waals surface area (Å²) >= 11 is 0. The second-order valence-corrected chi connectivity index (χ2v) is 5.82. The van der Waals surface area contributed by atoms with Crippen molar-refractivity contribution < 1.29 is 4.79 Å². The normalized spacial score (nSPS) is 10.7. The van der Waals surface area contributed by atoms with Crippen LogP contribution < -0.4 is 22.3 Å². The van der Waals surface area contributed by atoms with Gasteiger partial charge < -0.3 is 11.1 Å². The van der Waals surface area contributed by atoms with Gasteiger partial charge in [-0.2, -0.15) is 0 Å². The third-order valence-corrected chi connectivity index (χ3v) is 3.50. The Morgan fingerprint density at radius 2 is 1.79 bits per heavy atom. The highest BCUT2D eigenvalue weighted by Crippen LogP contribution is 2.08. The number of carbonyl (C=O) groups is 1. The van der Waals surface area contributed by atoms with Crippen molar-refractivity contribution in [1.29, 1.82) is 0 Å². The summed E-state index contributed by atoms with van der Waals surface area (Å²) in [5, 5.41) is 3.03. The molecule has 0 saturated carbocycles. The maximum atomic E-state index is 12.2. The largest absolute Gasteiger partial charge is 0.345 e. The molecule has 2 heterocycles. The monoisotopic (exact) mass is 377 g/mol. The van der Waals surface area contributed by atoms with Crippen LogP contribution in [0.2, 0.25) is 0 Å². The molecule has 0 unspecified atom stereocenters. The number of amides is 1. The standard InChI is InChI=1S/C14H19N5O3.2ClH/c1-14(2,7-15)17-11(20)9-6-5-8-10(16-9)18(3)13(22)19(4)12(8)21;;/h5-6H,7,15H2,1-4H3,(H,17,20);2*1H. The van der Waals surface area contributed by atoms with E-state index in [-0.39, 0.29) is 48.1 Å². The predicted octanol–water partition coefficient (Wildman–Crippen LogP) is -0.0571. The molecule has 0 fully saturated rings. The second kappa shape index (κ2) is 7.78. The Morgan fingerprint density at radius 1 is 1.21 bits per heavy atom. The average Bonchev–Trinajstić information content (AvgIpc) is 2.49. The van der Waals surface area contributed by atoms with Gasteiger partial charge in [0.2, 0.25) is 0 Å². The first-order chi connectivity index (χ1) is 10.2. The zero-order chi connectivity index (χ0) is 16.7. The summed E-state index contributed by atoms with van der Waals surface area (Å²) in [6.07, 6.45) is 0. The molecule has 0 aliphatic rings. The van der Waals surface area contributed by atoms with Gasteiger partial charge in [-0.05, 0) is 26.0 Å². The number of aromatic nitrogens is 3. The molecule has 8 nitrogen and oxygen atoms in total. The molecule has 0 saturated heterocycles. The number of nitrogens with two attached hydrogens (primary N) is 1. The number of aryl methyl sites for hydroxylation is 1. The van der Waals surface area contributed by atoms with Crippen molar-refractivity contribution in [3.63, 3.8) is 0 Å². The van der Waals surface area contributed by atoms with E-state index in [9.17, 15) is 14.4 Å². The van der Waals surface area contributed by atoms with Gasteiger partial charge in [0.15, 0.2) is 0 Å². The quantitative estimate of drug-likeness (QED) is 0.778. The molecule has 134 valence electrons. The Hall–Kier alpha value is -1.90. The highest BCUT2D eigenvalue weighted by atomic mass is 35.5. The molecule has 0 atom stereocenters. The van der Waals surface area contributed by atoms with Gasteiger partial charge in [0.25, 0.3) is 11.5 Å². The molecule has 10 heteroatoms. The lowest BCUT2D eigenvalue weighted by molar-refractivity contribution is 0.0911. The van der Waals surface area contributed by atoms with E-state index in [2.05, 4.69) is 10.3 Å². The van der Waals surface area contributed by atoms with E-state index in [4.69, 9.17) is 5.73 Å². The predicted molar refractivity (Wildman–Crippen MR) is 97.3 cm³/mol. The lowest BCUT2D eigenvalue weighted by Gasteiger charge is -2.23. The molecule has 0 aromatic carbocycles. The summed E-state index contributed by atoms with van der Waals surface area (Å²) in [5.41, 5.74) is 4.36. The third kappa shape index (κ3) is 3.95. The van der Waals surface area contributed by atoms with Gasteiger partial charge in [0.1, 0.15) is 11.3 Å². The fourth-order valence-corrected chi connectivity index (χ4v) is 2.00. The van der Waals surface area contributed by atoms with Gasteiger partial charge in [0.05, 0.1) is 5.39 Å². The fourth-order valence-electron chi connectivity index (χ4n) is 2.00. The van der Waals surface area contributed by atoms with Gasteiger partial charge >= 0.3 is 5.69 Å². The van der Waals surface area contributed by atoms with Crippen LogP contribution in [-0.4, -0.2) is 32.1 Å². The second-order valence-electron chi connectivity index (χ2n) is 5.82. The Morgan fingerprint density at radius 3 is 2.33 bits per heavy atom. The van der Waals surface area contributed by atoms with Crippen molar-refractivity contribution in [2.45, 2.75) is 19.4 Å². The third-order valence-electron chi connectivity index (χ3n) is 3.50. The number of halogens is 2. The minimum Gasteiger partial charge on any atom is -0.345 e. The first-order valence-electron chi connectivity index (χ1n) is 6.77. The highest BCUT2D eigenvalue weighted by Gasteiger charge is 2.21. The van der Waals surface area contributed by atoms with Crippen molar-refractivity contribution in [2.75, 3.05) is 6.54 Å². The summed E-state index contributed by atoms with van der Waals surface area (Å²) in [7, 11) is 2.90. The minimum atomic E-state index is -0.577. The molecule has 0 aliphatic carbocycles. The topological polar surface area (TPSA) is 112 Å². The molecule has 2 aromatic rings. The SMILES string of the molecule is Cl.Cl.Cn1c(=O)c2ccc(C(=O)NC(C)(C)CN)nc2n(C)c1=O. The number of fused-ring (bicyclic) bond motifs is 1. The van der Waals surface area contributed by atoms with E-state index in [1.807, 2.05) is 0 Å². The van der Waals surface area contributed by atoms with Crippen LogP contribution >= 0.6 is 24.8 Å². The van der Waals surface area contributed by atoms with Gasteiger partial charge in [-0.1, -0.05) is 0 Å². The number of rotatable bonds is 3. The molecule has 2 aromatic heterocycles. The lowest BCUT2D eigenvalue weighted by Crippen LogP contribution is -2.49. The number of hydrogen-bond acceptors (Lipinski definition) is 5. The summed E-state index contributed by atoms with van der Waals surface area (Å²) in [6.45, 7) is 3.85. The van der Waals surface area contributed by atoms with Crippen LogP contribution in [0.3, 0.4) is 0 Å². The van der Waals surface area contributed by atoms with E-state index in [0.29, 0.717) is 0 Å². The molecule has 0 radical (unpaired) electrons. The van der Waals surface area contributed by atoms with Crippen LogP contribution in [0.1, 0.15) is 24.3 Å². The minimum absolute atomic E-state index is 0. The van der Waals surface area contributed by atoms with Gasteiger partial charge in [0, 0.05) is 26.2 Å². The first-order valence-corrected chi connectivity index (χ1v) is 6.77. The van der Waals surface area contributed by atoms with Gasteiger partial charge in [-0.15, -0.1) is 24.8 Å². The van der Waals surface area contributed by atoms with Crippen molar-refractivity contribution in [1.82, 2.24) is 19.4 Å². The number of carbonyl (C=O) groups excluding carboxylic acids is 1. The van der Waals surface area contributed by atoms with E-state index >= 15 is 0 Å². The van der Waals surface area contributed by atoms with Crippen molar-refractivity contribution in [2.24, 2.45) is 19.8 Å². The maximum Gasteiger partial charge on any atom is 0.332 e. The van der Waals surface area contributed by atoms with Gasteiger partial charge in [-0.3, -0.25) is 18.7 Å². The Balaban J connectivity index is 0.00000264. The molecule has 1 amide bonds. The summed E-state index contributed by atoms with van der Waals surface area (Å²) in [4.78, 5) is 40.3. The van der Waals surface area contributed by atoms with E-state index in [1.165, 1.54) is 30.8 Å². The van der Waals surface area contributed by atoms with Crippen LogP contribution in [0.4, 0.5) is 0 Å². The van der Waals surface area contributed by atoms with Crippen molar-refractivity contribution >= 4 is 41.8 Å². The van der Waals surface area contributed by atoms with Crippen molar-refractivity contribution in [3.8, 4) is 0 Å². The Labute approximate surface area is 150 Å². The summed E-state index contributed by atoms with van der Waals surface area (Å²) in [6, 6.07) is 2.95. The highest BCUT2D eigenvalue weighted by molar-refractivity contribution is 5.94. The summed E-state index contributed by atoms with van der Waals surface area (Å²) < 4.78 is 2.24. The first kappa shape index (κ1) is 22.1. The molecule has 2 rings (SSSR count). The van der Waals surface area contributed by atoms with Crippen LogP contribution in [0.15, 0.2) is 21.7 Å². The Kier molecular flexibility index (Phi) is 7.16. The molecular formula is C14H21Cl2N5O3. The number of nitrogens with zero attached hydrogens (tertiary/aromatic N) is 3. The van der Waals surface area contributed by atoms with Crippen LogP contribution in [0.5, 0.6) is 0 Å². The number of nitrogens with one attached hydrogen (secondary N) is 1. The smallest absolute Gasteiger partial charge is 0.332 e. The van der Waals surface area contributed by atoms with E-state index in [1.54, 1.807) is 13.8 Å². The zero-order valence-electron chi connectivity index (χ0n) is 13.8. The zero-order valence-corrected chi connectivity index (χ0v) is 15.5. The number of pyridine rings is 1. The maximum absolute atomic E-state index is 12.2. The van der Waals surface area contributed by atoms with E-state index < -0.39 is 22.7 Å². The molecule has 0 spiro atoms. The average molecular weight is 378 g/mol. The molecule has 24 heavy (non-hydrogen) atoms. The van der Waals surface area contributed by atoms with Crippen LogP contribution in [0.25, 0.3) is 11.0 Å². The molecule has 3 N–H and O–H groups in total. The molecular weight excluding hydrogens is 357 g/mol. The lowest BCUT2D eigenvalue weighted by atomic mass is 10.1. The molecule has 0 bridgehead atoms. The van der Waals surface area contributed by atoms with Crippen LogP contribution in [0, 0.1) is 0 Å². The van der Waals surface area contributed by atoms with Gasteiger partial charge in [-0.25, -0.2) is 9.78 Å². The fraction of sp³-hybridized carbons (Fsp3) is 0.429. The van der Waals surface area contributed by atoms with Crippen LogP contribution in [-0.2, 0) is 14.1 Å². The molecule has 0 aliphatic heterocycles. The Bertz CT molecular complexity index is 873. The van der Waals surface area contributed by atoms with Crippen molar-refractivity contribution in [3.05, 3.63) is 38.7 Å². The van der Waals surface area contributed by atoms with E-state index in [0.717, 1.165) is 4.57 Å².